The lowest BCUT2D eigenvalue weighted by molar-refractivity contribution is 0.521. The molecule has 0 bridgehead atoms. The monoisotopic (exact) mass is 313 g/mol. The minimum Gasteiger partial charge on any atom is -0.305 e. The summed E-state index contributed by atoms with van der Waals surface area (Å²) in [5.74, 6) is 0. The first-order valence-corrected chi connectivity index (χ1v) is 7.96. The van der Waals surface area contributed by atoms with Crippen LogP contribution < -0.4 is 5.32 Å². The molecule has 0 saturated carbocycles. The van der Waals surface area contributed by atoms with Crippen molar-refractivity contribution in [3.05, 3.63) is 55.7 Å². The van der Waals surface area contributed by atoms with E-state index in [4.69, 9.17) is 23.2 Å². The van der Waals surface area contributed by atoms with Crippen LogP contribution in [0.2, 0.25) is 10.0 Å². The number of aryl methyl sites for hydroxylation is 1. The predicted octanol–water partition coefficient (Wildman–Crippen LogP) is 5.60. The van der Waals surface area contributed by atoms with E-state index >= 15 is 0 Å². The molecular weight excluding hydrogens is 297 g/mol. The summed E-state index contributed by atoms with van der Waals surface area (Å²) in [4.78, 5) is 1.39. The number of hydrogen-bond donors (Lipinski definition) is 1. The van der Waals surface area contributed by atoms with E-state index in [1.807, 2.05) is 18.2 Å². The number of nitrogens with one attached hydrogen (secondary N) is 1. The molecule has 0 aliphatic rings. The largest absolute Gasteiger partial charge is 0.305 e. The van der Waals surface area contributed by atoms with Crippen molar-refractivity contribution < 1.29 is 0 Å². The molecule has 2 rings (SSSR count). The number of hydrogen-bond acceptors (Lipinski definition) is 2. The second kappa shape index (κ2) is 6.76. The molecule has 1 atom stereocenters. The molecule has 0 spiro atoms. The Morgan fingerprint density at radius 1 is 1.21 bits per heavy atom. The van der Waals surface area contributed by atoms with Crippen molar-refractivity contribution in [3.63, 3.8) is 0 Å². The number of rotatable bonds is 5. The van der Waals surface area contributed by atoms with Crippen molar-refractivity contribution in [2.75, 3.05) is 0 Å². The van der Waals surface area contributed by atoms with Crippen molar-refractivity contribution in [1.29, 1.82) is 0 Å². The highest BCUT2D eigenvalue weighted by molar-refractivity contribution is 7.10. The first-order chi connectivity index (χ1) is 9.11. The van der Waals surface area contributed by atoms with E-state index in [9.17, 15) is 0 Å². The van der Waals surface area contributed by atoms with Crippen molar-refractivity contribution in [3.8, 4) is 0 Å². The van der Waals surface area contributed by atoms with Gasteiger partial charge in [-0.2, -0.15) is 0 Å². The van der Waals surface area contributed by atoms with Gasteiger partial charge in [0.25, 0.3) is 0 Å². The molecule has 0 radical (unpaired) electrons. The fourth-order valence-electron chi connectivity index (χ4n) is 2.03. The molecule has 0 amide bonds. The Bertz CT molecular complexity index is 551. The third-order valence-corrected chi connectivity index (χ3v) is 4.99. The summed E-state index contributed by atoms with van der Waals surface area (Å²) in [7, 11) is 0. The van der Waals surface area contributed by atoms with Crippen molar-refractivity contribution in [2.24, 2.45) is 0 Å². The summed E-state index contributed by atoms with van der Waals surface area (Å²) in [6.45, 7) is 5.21. The smallest absolute Gasteiger partial charge is 0.0595 e. The fraction of sp³-hybridized carbons (Fsp3) is 0.333. The third kappa shape index (κ3) is 3.73. The molecule has 1 N–H and O–H groups in total. The van der Waals surface area contributed by atoms with Crippen LogP contribution in [-0.2, 0) is 6.54 Å². The third-order valence-electron chi connectivity index (χ3n) is 3.23. The second-order valence-electron chi connectivity index (χ2n) is 4.54. The van der Waals surface area contributed by atoms with Crippen LogP contribution in [0.4, 0.5) is 0 Å². The predicted molar refractivity (Wildman–Crippen MR) is 85.4 cm³/mol. The second-order valence-corrected chi connectivity index (χ2v) is 6.36. The summed E-state index contributed by atoms with van der Waals surface area (Å²) in [5.41, 5.74) is 2.53. The van der Waals surface area contributed by atoms with Gasteiger partial charge in [-0.3, -0.25) is 0 Å². The first kappa shape index (κ1) is 14.9. The number of benzene rings is 1. The standard InChI is InChI=1S/C15H17Cl2NS/c1-3-14(11-4-5-12(16)13(17)8-11)18-9-15-10(2)6-7-19-15/h4-8,14,18H,3,9H2,1-2H3. The summed E-state index contributed by atoms with van der Waals surface area (Å²) in [5, 5.41) is 6.94. The normalized spacial score (nSPS) is 12.6. The average Bonchev–Trinajstić information content (AvgIpc) is 2.80. The van der Waals surface area contributed by atoms with Gasteiger partial charge in [0.15, 0.2) is 0 Å². The Hall–Kier alpha value is -0.540. The Labute approximate surface area is 128 Å². The van der Waals surface area contributed by atoms with Crippen LogP contribution in [0, 0.1) is 6.92 Å². The van der Waals surface area contributed by atoms with Gasteiger partial charge in [0.1, 0.15) is 0 Å². The highest BCUT2D eigenvalue weighted by Crippen LogP contribution is 2.27. The van der Waals surface area contributed by atoms with Crippen LogP contribution in [0.15, 0.2) is 29.6 Å². The lowest BCUT2D eigenvalue weighted by atomic mass is 10.0. The van der Waals surface area contributed by atoms with E-state index in [2.05, 4.69) is 30.6 Å². The first-order valence-electron chi connectivity index (χ1n) is 6.33. The Morgan fingerprint density at radius 3 is 2.58 bits per heavy atom. The van der Waals surface area contributed by atoms with Gasteiger partial charge in [0.05, 0.1) is 10.0 Å². The van der Waals surface area contributed by atoms with Crippen LogP contribution in [-0.4, -0.2) is 0 Å². The molecule has 1 aromatic heterocycles. The minimum absolute atomic E-state index is 0.302. The SMILES string of the molecule is CCC(NCc1sccc1C)c1ccc(Cl)c(Cl)c1. The molecule has 0 saturated heterocycles. The summed E-state index contributed by atoms with van der Waals surface area (Å²) < 4.78 is 0. The quantitative estimate of drug-likeness (QED) is 0.757. The van der Waals surface area contributed by atoms with Gasteiger partial charge in [-0.25, -0.2) is 0 Å². The van der Waals surface area contributed by atoms with Crippen LogP contribution in [0.5, 0.6) is 0 Å². The molecule has 1 aromatic carbocycles. The maximum absolute atomic E-state index is 6.08. The molecule has 4 heteroatoms. The highest BCUT2D eigenvalue weighted by atomic mass is 35.5. The van der Waals surface area contributed by atoms with Gasteiger partial charge in [0.2, 0.25) is 0 Å². The van der Waals surface area contributed by atoms with Gasteiger partial charge in [0, 0.05) is 17.5 Å². The Kier molecular flexibility index (Phi) is 5.28. The van der Waals surface area contributed by atoms with E-state index in [-0.39, 0.29) is 0 Å². The highest BCUT2D eigenvalue weighted by Gasteiger charge is 2.11. The molecule has 1 heterocycles. The molecule has 102 valence electrons. The molecule has 1 unspecified atom stereocenters. The molecule has 2 aromatic rings. The lowest BCUT2D eigenvalue weighted by Crippen LogP contribution is -2.20. The van der Waals surface area contributed by atoms with Crippen LogP contribution in [0.3, 0.4) is 0 Å². The Morgan fingerprint density at radius 2 is 2.00 bits per heavy atom. The van der Waals surface area contributed by atoms with E-state index < -0.39 is 0 Å². The number of halogens is 2. The lowest BCUT2D eigenvalue weighted by Gasteiger charge is -2.18. The maximum Gasteiger partial charge on any atom is 0.0595 e. The number of thiophene rings is 1. The summed E-state index contributed by atoms with van der Waals surface area (Å²) >= 11 is 13.8. The van der Waals surface area contributed by atoms with E-state index in [1.165, 1.54) is 16.0 Å². The van der Waals surface area contributed by atoms with Crippen LogP contribution >= 0.6 is 34.5 Å². The maximum atomic E-state index is 6.08. The zero-order valence-corrected chi connectivity index (χ0v) is 13.4. The van der Waals surface area contributed by atoms with Gasteiger partial charge < -0.3 is 5.32 Å². The van der Waals surface area contributed by atoms with Crippen LogP contribution in [0.1, 0.15) is 35.4 Å². The van der Waals surface area contributed by atoms with Gasteiger partial charge in [-0.15, -0.1) is 11.3 Å². The Balaban J connectivity index is 2.07. The van der Waals surface area contributed by atoms with Gasteiger partial charge in [-0.1, -0.05) is 36.2 Å². The van der Waals surface area contributed by atoms with E-state index in [0.717, 1.165) is 13.0 Å². The average molecular weight is 314 g/mol. The fourth-order valence-corrected chi connectivity index (χ4v) is 3.19. The van der Waals surface area contributed by atoms with E-state index in [1.54, 1.807) is 11.3 Å². The zero-order chi connectivity index (χ0) is 13.8. The molecule has 1 nitrogen and oxygen atoms in total. The summed E-state index contributed by atoms with van der Waals surface area (Å²) in [6, 6.07) is 8.31. The molecule has 0 aliphatic heterocycles. The van der Waals surface area contributed by atoms with Gasteiger partial charge >= 0.3 is 0 Å². The molecule has 0 aliphatic carbocycles. The molecule has 19 heavy (non-hydrogen) atoms. The van der Waals surface area contributed by atoms with E-state index in [0.29, 0.717) is 16.1 Å². The summed E-state index contributed by atoms with van der Waals surface area (Å²) in [6.07, 6.45) is 1.02. The zero-order valence-electron chi connectivity index (χ0n) is 11.0. The van der Waals surface area contributed by atoms with Crippen molar-refractivity contribution in [2.45, 2.75) is 32.9 Å². The minimum atomic E-state index is 0.302. The van der Waals surface area contributed by atoms with Crippen LogP contribution in [0.25, 0.3) is 0 Å². The van der Waals surface area contributed by atoms with Crippen molar-refractivity contribution in [1.82, 2.24) is 5.32 Å². The molecule has 0 fully saturated rings. The van der Waals surface area contributed by atoms with Gasteiger partial charge in [-0.05, 0) is 48.1 Å². The molecular formula is C15H17Cl2NS. The van der Waals surface area contributed by atoms with Crippen molar-refractivity contribution >= 4 is 34.5 Å². The topological polar surface area (TPSA) is 12.0 Å².